The molecule has 0 unspecified atom stereocenters. The summed E-state index contributed by atoms with van der Waals surface area (Å²) in [6.07, 6.45) is 0. The minimum atomic E-state index is -1.03. The first kappa shape index (κ1) is 20.5. The Balaban J connectivity index is 1.86. The van der Waals surface area contributed by atoms with Crippen molar-refractivity contribution in [1.82, 2.24) is 10.2 Å². The monoisotopic (exact) mass is 406 g/mol. The summed E-state index contributed by atoms with van der Waals surface area (Å²) in [5, 5.41) is 11.3. The Bertz CT molecular complexity index is 1100. The van der Waals surface area contributed by atoms with Gasteiger partial charge >= 0.3 is 11.9 Å². The van der Waals surface area contributed by atoms with Crippen molar-refractivity contribution in [2.45, 2.75) is 6.54 Å². The average molecular weight is 406 g/mol. The molecule has 0 aromatic heterocycles. The lowest BCUT2D eigenvalue weighted by Gasteiger charge is -2.18. The number of rotatable bonds is 6. The number of benzene rings is 2. The molecule has 1 heterocycles. The van der Waals surface area contributed by atoms with Gasteiger partial charge in [-0.3, -0.25) is 14.5 Å². The number of hydrogen-bond acceptors (Lipinski definition) is 5. The highest BCUT2D eigenvalue weighted by Crippen LogP contribution is 2.34. The van der Waals surface area contributed by atoms with Gasteiger partial charge in [-0.2, -0.15) is 0 Å². The first-order valence-electron chi connectivity index (χ1n) is 8.79. The van der Waals surface area contributed by atoms with Crippen molar-refractivity contribution in [1.29, 1.82) is 0 Å². The maximum absolute atomic E-state index is 12.8. The molecule has 2 amide bonds. The largest absolute Gasteiger partial charge is 0.478 e. The second-order valence-electron chi connectivity index (χ2n) is 6.48. The number of carbonyl (C=O) groups is 4. The summed E-state index contributed by atoms with van der Waals surface area (Å²) in [5.41, 5.74) is 2.32. The highest BCUT2D eigenvalue weighted by atomic mass is 16.5. The van der Waals surface area contributed by atoms with Crippen LogP contribution in [0.3, 0.4) is 0 Å². The zero-order valence-electron chi connectivity index (χ0n) is 16.1. The van der Waals surface area contributed by atoms with Gasteiger partial charge in [0.15, 0.2) is 0 Å². The van der Waals surface area contributed by atoms with E-state index in [0.29, 0.717) is 11.1 Å². The summed E-state index contributed by atoms with van der Waals surface area (Å²) in [5.74, 6) is -2.99. The molecule has 0 spiro atoms. The maximum atomic E-state index is 12.8. The molecular formula is C22H18N2O6. The highest BCUT2D eigenvalue weighted by molar-refractivity contribution is 6.07. The Hall–Kier alpha value is -4.20. The van der Waals surface area contributed by atoms with Crippen LogP contribution in [0.15, 0.2) is 67.0 Å². The molecule has 8 heteroatoms. The van der Waals surface area contributed by atoms with E-state index in [1.165, 1.54) is 17.0 Å². The number of carboxylic acids is 1. The molecule has 2 aromatic rings. The molecule has 8 nitrogen and oxygen atoms in total. The van der Waals surface area contributed by atoms with Gasteiger partial charge in [0, 0.05) is 5.56 Å². The lowest BCUT2D eigenvalue weighted by atomic mass is 9.96. The lowest BCUT2D eigenvalue weighted by molar-refractivity contribution is -0.137. The summed E-state index contributed by atoms with van der Waals surface area (Å²) in [4.78, 5) is 48.9. The zero-order valence-corrected chi connectivity index (χ0v) is 16.1. The Kier molecular flexibility index (Phi) is 5.50. The Morgan fingerprint density at radius 1 is 1.07 bits per heavy atom. The van der Waals surface area contributed by atoms with Crippen molar-refractivity contribution in [2.75, 3.05) is 7.11 Å². The molecule has 0 aliphatic carbocycles. The van der Waals surface area contributed by atoms with Gasteiger partial charge in [-0.15, -0.1) is 0 Å². The van der Waals surface area contributed by atoms with Crippen molar-refractivity contribution in [3.63, 3.8) is 0 Å². The number of ether oxygens (including phenoxy) is 1. The summed E-state index contributed by atoms with van der Waals surface area (Å²) in [6.45, 7) is 7.19. The number of nitrogens with one attached hydrogen (secondary N) is 1. The minimum absolute atomic E-state index is 0.0992. The SMILES string of the molecule is C=C(NC(=O)C(=C)N1Cc2c(cccc2-c2ccc(C(=O)O)cc2)C1=O)C(=O)OC. The van der Waals surface area contributed by atoms with Crippen LogP contribution < -0.4 is 5.32 Å². The minimum Gasteiger partial charge on any atom is -0.478 e. The maximum Gasteiger partial charge on any atom is 0.353 e. The molecule has 0 fully saturated rings. The topological polar surface area (TPSA) is 113 Å². The molecule has 1 aliphatic heterocycles. The Morgan fingerprint density at radius 3 is 2.30 bits per heavy atom. The number of carbonyl (C=O) groups excluding carboxylic acids is 3. The van der Waals surface area contributed by atoms with Crippen LogP contribution in [0.1, 0.15) is 26.3 Å². The standard InChI is InChI=1S/C22H18N2O6/c1-12(22(29)30-3)23-19(25)13(2)24-11-18-16(5-4-6-17(18)20(24)26)14-7-9-15(10-8-14)21(27)28/h4-10H,1-2,11H2,3H3,(H,23,25)(H,27,28). The van der Waals surface area contributed by atoms with Crippen LogP contribution in [0, 0.1) is 0 Å². The second-order valence-corrected chi connectivity index (χ2v) is 6.48. The predicted octanol–water partition coefficient (Wildman–Crippen LogP) is 2.32. The van der Waals surface area contributed by atoms with Crippen LogP contribution >= 0.6 is 0 Å². The smallest absolute Gasteiger partial charge is 0.353 e. The number of aromatic carboxylic acids is 1. The van der Waals surface area contributed by atoms with E-state index in [-0.39, 0.29) is 23.5 Å². The van der Waals surface area contributed by atoms with Crippen molar-refractivity contribution >= 4 is 23.8 Å². The predicted molar refractivity (Wildman–Crippen MR) is 107 cm³/mol. The van der Waals surface area contributed by atoms with Crippen LogP contribution in [0.25, 0.3) is 11.1 Å². The van der Waals surface area contributed by atoms with Gasteiger partial charge in [0.1, 0.15) is 11.4 Å². The molecule has 2 aromatic carbocycles. The summed E-state index contributed by atoms with van der Waals surface area (Å²) >= 11 is 0. The van der Waals surface area contributed by atoms with Gasteiger partial charge in [0.05, 0.1) is 19.2 Å². The summed E-state index contributed by atoms with van der Waals surface area (Å²) in [7, 11) is 1.15. The Labute approximate surface area is 172 Å². The average Bonchev–Trinajstić information content (AvgIpc) is 3.09. The van der Waals surface area contributed by atoms with Gasteiger partial charge in [-0.05, 0) is 34.9 Å². The number of fused-ring (bicyclic) bond motifs is 1. The fourth-order valence-corrected chi connectivity index (χ4v) is 3.12. The van der Waals surface area contributed by atoms with E-state index in [9.17, 15) is 19.2 Å². The third-order valence-electron chi connectivity index (χ3n) is 4.69. The number of carboxylic acid groups (broad SMARTS) is 1. The third kappa shape index (κ3) is 3.70. The normalized spacial score (nSPS) is 12.2. The first-order valence-corrected chi connectivity index (χ1v) is 8.79. The molecule has 3 rings (SSSR count). The molecule has 1 aliphatic rings. The fraction of sp³-hybridized carbons (Fsp3) is 0.0909. The number of methoxy groups -OCH3 is 1. The fourth-order valence-electron chi connectivity index (χ4n) is 3.12. The molecule has 0 bridgehead atoms. The number of hydrogen-bond donors (Lipinski definition) is 2. The quantitative estimate of drug-likeness (QED) is 0.562. The second kappa shape index (κ2) is 8.04. The van der Waals surface area contributed by atoms with E-state index in [0.717, 1.165) is 18.2 Å². The van der Waals surface area contributed by atoms with E-state index < -0.39 is 23.8 Å². The van der Waals surface area contributed by atoms with E-state index in [4.69, 9.17) is 5.11 Å². The van der Waals surface area contributed by atoms with Crippen LogP contribution in [0.2, 0.25) is 0 Å². The molecule has 0 saturated carbocycles. The van der Waals surface area contributed by atoms with Crippen molar-refractivity contribution in [3.8, 4) is 11.1 Å². The van der Waals surface area contributed by atoms with Gasteiger partial charge in [-0.25, -0.2) is 9.59 Å². The van der Waals surface area contributed by atoms with E-state index in [1.807, 2.05) is 6.07 Å². The number of esters is 1. The van der Waals surface area contributed by atoms with Gasteiger partial charge < -0.3 is 15.2 Å². The van der Waals surface area contributed by atoms with Gasteiger partial charge in [0.25, 0.3) is 11.8 Å². The first-order chi connectivity index (χ1) is 14.2. The van der Waals surface area contributed by atoms with Gasteiger partial charge in [0.2, 0.25) is 0 Å². The Morgan fingerprint density at radius 2 is 1.70 bits per heavy atom. The molecule has 0 atom stereocenters. The van der Waals surface area contributed by atoms with Crippen molar-refractivity contribution in [2.24, 2.45) is 0 Å². The van der Waals surface area contributed by atoms with Crippen LogP contribution in [-0.4, -0.2) is 40.9 Å². The highest BCUT2D eigenvalue weighted by Gasteiger charge is 2.33. The summed E-state index contributed by atoms with van der Waals surface area (Å²) < 4.78 is 4.48. The summed E-state index contributed by atoms with van der Waals surface area (Å²) in [6, 6.07) is 11.5. The van der Waals surface area contributed by atoms with Crippen LogP contribution in [-0.2, 0) is 20.9 Å². The molecular weight excluding hydrogens is 388 g/mol. The third-order valence-corrected chi connectivity index (χ3v) is 4.69. The number of nitrogens with zero attached hydrogens (tertiary/aromatic N) is 1. The van der Waals surface area contributed by atoms with E-state index >= 15 is 0 Å². The van der Waals surface area contributed by atoms with E-state index in [1.54, 1.807) is 24.3 Å². The molecule has 0 saturated heterocycles. The number of amides is 2. The molecule has 2 N–H and O–H groups in total. The van der Waals surface area contributed by atoms with Gasteiger partial charge in [-0.1, -0.05) is 37.4 Å². The van der Waals surface area contributed by atoms with Crippen LogP contribution in [0.4, 0.5) is 0 Å². The van der Waals surface area contributed by atoms with Crippen molar-refractivity contribution in [3.05, 3.63) is 83.7 Å². The lowest BCUT2D eigenvalue weighted by Crippen LogP contribution is -2.36. The molecule has 0 radical (unpaired) electrons. The zero-order chi connectivity index (χ0) is 22.0. The molecule has 152 valence electrons. The van der Waals surface area contributed by atoms with Crippen molar-refractivity contribution < 1.29 is 29.0 Å². The van der Waals surface area contributed by atoms with Crippen LogP contribution in [0.5, 0.6) is 0 Å². The van der Waals surface area contributed by atoms with E-state index in [2.05, 4.69) is 23.2 Å². The molecule has 30 heavy (non-hydrogen) atoms.